The third-order valence-electron chi connectivity index (χ3n) is 7.55. The van der Waals surface area contributed by atoms with Gasteiger partial charge < -0.3 is 24.6 Å². The first-order chi connectivity index (χ1) is 17.7. The molecule has 0 spiro atoms. The highest BCUT2D eigenvalue weighted by atomic mass is 16.5. The molecule has 2 amide bonds. The third kappa shape index (κ3) is 4.45. The van der Waals surface area contributed by atoms with Crippen LogP contribution in [0.1, 0.15) is 35.2 Å². The number of hydrogen-bond donors (Lipinski definition) is 1. The molecular weight excluding hydrogens is 454 g/mol. The predicted octanol–water partition coefficient (Wildman–Crippen LogP) is 3.70. The largest absolute Gasteiger partial charge is 0.493 e. The summed E-state index contributed by atoms with van der Waals surface area (Å²) in [6.07, 6.45) is 8.87. The highest BCUT2D eigenvalue weighted by molar-refractivity contribution is 5.99. The summed E-state index contributed by atoms with van der Waals surface area (Å²) in [5.41, 5.74) is 4.14. The Morgan fingerprint density at radius 3 is 2.86 bits per heavy atom. The molecule has 36 heavy (non-hydrogen) atoms. The SMILES string of the molecule is O=C1CCC(N2Cc3c(OCC4C=CC(CN5CCOc6ccccc65)=CC4)cccc3C2=O)CN1. The number of hydrogen-bond acceptors (Lipinski definition) is 5. The number of amides is 2. The van der Waals surface area contributed by atoms with E-state index in [-0.39, 0.29) is 17.9 Å². The molecule has 7 nitrogen and oxygen atoms in total. The number of piperidine rings is 1. The van der Waals surface area contributed by atoms with Crippen molar-refractivity contribution in [2.75, 3.05) is 37.7 Å². The number of benzene rings is 2. The first-order valence-electron chi connectivity index (χ1n) is 12.8. The lowest BCUT2D eigenvalue weighted by atomic mass is 9.97. The van der Waals surface area contributed by atoms with Gasteiger partial charge in [-0.1, -0.05) is 36.4 Å². The van der Waals surface area contributed by atoms with E-state index in [0.29, 0.717) is 45.1 Å². The zero-order chi connectivity index (χ0) is 24.5. The van der Waals surface area contributed by atoms with Gasteiger partial charge in [0.2, 0.25) is 5.91 Å². The summed E-state index contributed by atoms with van der Waals surface area (Å²) in [7, 11) is 0. The Morgan fingerprint density at radius 2 is 2.03 bits per heavy atom. The molecule has 2 atom stereocenters. The van der Waals surface area contributed by atoms with Crippen LogP contribution < -0.4 is 19.7 Å². The van der Waals surface area contributed by atoms with Gasteiger partial charge in [0.1, 0.15) is 18.1 Å². The van der Waals surface area contributed by atoms with Gasteiger partial charge in [-0.15, -0.1) is 0 Å². The van der Waals surface area contributed by atoms with Crippen molar-refractivity contribution in [3.63, 3.8) is 0 Å². The van der Waals surface area contributed by atoms with Crippen molar-refractivity contribution < 1.29 is 19.1 Å². The fourth-order valence-electron chi connectivity index (χ4n) is 5.50. The molecule has 4 aliphatic rings. The normalized spacial score (nSPS) is 22.9. The van der Waals surface area contributed by atoms with E-state index in [0.717, 1.165) is 47.8 Å². The number of rotatable bonds is 6. The summed E-state index contributed by atoms with van der Waals surface area (Å²) in [6.45, 7) is 4.10. The fourth-order valence-corrected chi connectivity index (χ4v) is 5.50. The van der Waals surface area contributed by atoms with Crippen LogP contribution in [0.2, 0.25) is 0 Å². The van der Waals surface area contributed by atoms with Gasteiger partial charge in [0.05, 0.1) is 31.4 Å². The number of ether oxygens (including phenoxy) is 2. The first-order valence-corrected chi connectivity index (χ1v) is 12.8. The predicted molar refractivity (Wildman–Crippen MR) is 137 cm³/mol. The van der Waals surface area contributed by atoms with Gasteiger partial charge in [0.25, 0.3) is 5.91 Å². The van der Waals surface area contributed by atoms with E-state index >= 15 is 0 Å². The Morgan fingerprint density at radius 1 is 1.11 bits per heavy atom. The Kier molecular flexibility index (Phi) is 6.13. The summed E-state index contributed by atoms with van der Waals surface area (Å²) in [4.78, 5) is 28.8. The summed E-state index contributed by atoms with van der Waals surface area (Å²) in [5.74, 6) is 2.13. The minimum Gasteiger partial charge on any atom is -0.493 e. The monoisotopic (exact) mass is 485 g/mol. The van der Waals surface area contributed by atoms with Crippen LogP contribution >= 0.6 is 0 Å². The van der Waals surface area contributed by atoms with Crippen LogP contribution in [0.15, 0.2) is 66.3 Å². The zero-order valence-corrected chi connectivity index (χ0v) is 20.3. The summed E-state index contributed by atoms with van der Waals surface area (Å²) >= 11 is 0. The maximum atomic E-state index is 13.0. The molecule has 3 heterocycles. The number of nitrogens with zero attached hydrogens (tertiary/aromatic N) is 2. The smallest absolute Gasteiger partial charge is 0.254 e. The van der Waals surface area contributed by atoms with E-state index in [9.17, 15) is 9.59 Å². The molecule has 3 aliphatic heterocycles. The Bertz CT molecular complexity index is 1230. The van der Waals surface area contributed by atoms with E-state index in [1.807, 2.05) is 35.2 Å². The number of carbonyl (C=O) groups is 2. The fraction of sp³-hybridized carbons (Fsp3) is 0.379. The number of allylic oxidation sites excluding steroid dienone is 1. The Balaban J connectivity index is 1.06. The highest BCUT2D eigenvalue weighted by Crippen LogP contribution is 2.35. The molecule has 0 aromatic heterocycles. The molecule has 1 saturated heterocycles. The highest BCUT2D eigenvalue weighted by Gasteiger charge is 2.36. The van der Waals surface area contributed by atoms with E-state index in [2.05, 4.69) is 40.6 Å². The summed E-state index contributed by atoms with van der Waals surface area (Å²) in [5, 5.41) is 2.89. The van der Waals surface area contributed by atoms with Crippen molar-refractivity contribution in [1.82, 2.24) is 10.2 Å². The standard InChI is InChI=1S/C29H31N3O4/c33-28-13-12-22(16-30-28)32-18-24-23(29(32)34)4-3-7-26(24)36-19-21-10-8-20(9-11-21)17-31-14-15-35-27-6-2-1-5-25(27)31/h1-10,21-22H,11-19H2,(H,30,33). The molecule has 6 rings (SSSR count). The van der Waals surface area contributed by atoms with Gasteiger partial charge in [-0.3, -0.25) is 9.59 Å². The lowest BCUT2D eigenvalue weighted by molar-refractivity contribution is -0.123. The molecule has 186 valence electrons. The van der Waals surface area contributed by atoms with Crippen molar-refractivity contribution in [3.8, 4) is 11.5 Å². The van der Waals surface area contributed by atoms with Crippen LogP contribution in [0.3, 0.4) is 0 Å². The summed E-state index contributed by atoms with van der Waals surface area (Å²) < 4.78 is 12.0. The van der Waals surface area contributed by atoms with Gasteiger partial charge in [-0.2, -0.15) is 0 Å². The number of nitrogens with one attached hydrogen (secondary N) is 1. The molecule has 2 aromatic carbocycles. The van der Waals surface area contributed by atoms with E-state index in [1.165, 1.54) is 5.57 Å². The Hall–Kier alpha value is -3.74. The van der Waals surface area contributed by atoms with E-state index in [1.54, 1.807) is 0 Å². The zero-order valence-electron chi connectivity index (χ0n) is 20.3. The topological polar surface area (TPSA) is 71.1 Å². The van der Waals surface area contributed by atoms with Gasteiger partial charge >= 0.3 is 0 Å². The molecule has 0 saturated carbocycles. The molecule has 0 bridgehead atoms. The molecule has 1 fully saturated rings. The Labute approximate surface area is 211 Å². The maximum absolute atomic E-state index is 13.0. The number of carbonyl (C=O) groups excluding carboxylic acids is 2. The molecule has 2 unspecified atom stereocenters. The van der Waals surface area contributed by atoms with Crippen molar-refractivity contribution in [2.24, 2.45) is 5.92 Å². The molecule has 1 aliphatic carbocycles. The van der Waals surface area contributed by atoms with E-state index in [4.69, 9.17) is 9.47 Å². The second-order valence-corrected chi connectivity index (χ2v) is 9.89. The van der Waals surface area contributed by atoms with Crippen molar-refractivity contribution in [1.29, 1.82) is 0 Å². The summed E-state index contributed by atoms with van der Waals surface area (Å²) in [6, 6.07) is 14.0. The van der Waals surface area contributed by atoms with Gasteiger partial charge in [-0.05, 0) is 42.7 Å². The van der Waals surface area contributed by atoms with Crippen LogP contribution in [0.25, 0.3) is 0 Å². The second-order valence-electron chi connectivity index (χ2n) is 9.89. The number of para-hydroxylation sites is 2. The molecule has 2 aromatic rings. The minimum atomic E-state index is 0.0337. The van der Waals surface area contributed by atoms with Crippen LogP contribution in [0.4, 0.5) is 5.69 Å². The lowest BCUT2D eigenvalue weighted by Gasteiger charge is -2.32. The molecule has 1 N–H and O–H groups in total. The van der Waals surface area contributed by atoms with Crippen LogP contribution in [0.5, 0.6) is 11.5 Å². The van der Waals surface area contributed by atoms with Crippen molar-refractivity contribution in [3.05, 3.63) is 77.4 Å². The van der Waals surface area contributed by atoms with Crippen molar-refractivity contribution in [2.45, 2.75) is 31.8 Å². The lowest BCUT2D eigenvalue weighted by Crippen LogP contribution is -2.48. The first kappa shape index (κ1) is 22.7. The van der Waals surface area contributed by atoms with Crippen LogP contribution in [0, 0.1) is 5.92 Å². The second kappa shape index (κ2) is 9.72. The quantitative estimate of drug-likeness (QED) is 0.676. The molecular formula is C29H31N3O4. The average molecular weight is 486 g/mol. The maximum Gasteiger partial charge on any atom is 0.254 e. The number of anilines is 1. The average Bonchev–Trinajstić information content (AvgIpc) is 3.26. The molecule has 0 radical (unpaired) electrons. The minimum absolute atomic E-state index is 0.0337. The number of fused-ring (bicyclic) bond motifs is 2. The van der Waals surface area contributed by atoms with Gasteiger partial charge in [0, 0.05) is 36.6 Å². The van der Waals surface area contributed by atoms with Gasteiger partial charge in [0.15, 0.2) is 0 Å². The molecule has 7 heteroatoms. The van der Waals surface area contributed by atoms with E-state index < -0.39 is 0 Å². The third-order valence-corrected chi connectivity index (χ3v) is 7.55. The van der Waals surface area contributed by atoms with Crippen LogP contribution in [-0.2, 0) is 11.3 Å². The van der Waals surface area contributed by atoms with Gasteiger partial charge in [-0.25, -0.2) is 0 Å². The van der Waals surface area contributed by atoms with Crippen molar-refractivity contribution >= 4 is 17.5 Å². The van der Waals surface area contributed by atoms with Crippen LogP contribution in [-0.4, -0.2) is 55.6 Å².